The zero-order valence-corrected chi connectivity index (χ0v) is 14.8. The summed E-state index contributed by atoms with van der Waals surface area (Å²) < 4.78 is 4.09. The van der Waals surface area contributed by atoms with Gasteiger partial charge in [0.25, 0.3) is 11.8 Å². The van der Waals surface area contributed by atoms with Crippen LogP contribution in [0.5, 0.6) is 0 Å². The van der Waals surface area contributed by atoms with Crippen LogP contribution in [0, 0.1) is 0 Å². The molecule has 7 nitrogen and oxygen atoms in total. The van der Waals surface area contributed by atoms with Crippen LogP contribution in [-0.4, -0.2) is 39.0 Å². The lowest BCUT2D eigenvalue weighted by Crippen LogP contribution is -2.45. The normalized spacial score (nSPS) is 21.8. The molecule has 0 aromatic carbocycles. The zero-order chi connectivity index (χ0) is 16.8. The molecule has 3 rings (SSSR count). The molecule has 1 unspecified atom stereocenters. The minimum atomic E-state index is -0.989. The zero-order valence-electron chi connectivity index (χ0n) is 13.2. The van der Waals surface area contributed by atoms with Crippen LogP contribution in [0.1, 0.15) is 39.0 Å². The Hall–Kier alpha value is -1.32. The topological polar surface area (TPSA) is 114 Å². The van der Waals surface area contributed by atoms with Crippen molar-refractivity contribution in [2.75, 3.05) is 11.5 Å². The second-order valence-electron chi connectivity index (χ2n) is 5.45. The SMILES string of the molecule is CCSc1cc(N)sn1.NC1C(=O)NN(C2CCCCC2)C1=O. The quantitative estimate of drug-likeness (QED) is 0.556. The van der Waals surface area contributed by atoms with Gasteiger partial charge in [-0.05, 0) is 30.1 Å². The van der Waals surface area contributed by atoms with E-state index in [1.54, 1.807) is 11.8 Å². The van der Waals surface area contributed by atoms with E-state index in [2.05, 4.69) is 16.7 Å². The standard InChI is InChI=1S/C9H15N3O2.C5H8N2S2/c10-7-8(13)11-12(9(7)14)6-4-2-1-3-5-6;1-2-8-5-3-4(6)9-7-5/h6-7H,1-5,10H2,(H,11,13);3H,2,6H2,1H3. The van der Waals surface area contributed by atoms with Gasteiger partial charge < -0.3 is 11.5 Å². The summed E-state index contributed by atoms with van der Waals surface area (Å²) in [5.41, 5.74) is 13.4. The highest BCUT2D eigenvalue weighted by Gasteiger charge is 2.40. The smallest absolute Gasteiger partial charge is 0.267 e. The predicted octanol–water partition coefficient (Wildman–Crippen LogP) is 1.36. The number of carbonyl (C=O) groups is 2. The maximum atomic E-state index is 11.5. The highest BCUT2D eigenvalue weighted by Crippen LogP contribution is 2.23. The Kier molecular flexibility index (Phi) is 6.67. The van der Waals surface area contributed by atoms with Crippen molar-refractivity contribution in [3.8, 4) is 0 Å². The van der Waals surface area contributed by atoms with Crippen molar-refractivity contribution < 1.29 is 9.59 Å². The van der Waals surface area contributed by atoms with E-state index in [4.69, 9.17) is 11.5 Å². The average Bonchev–Trinajstić information content (AvgIpc) is 3.08. The van der Waals surface area contributed by atoms with Crippen LogP contribution >= 0.6 is 23.3 Å². The Morgan fingerprint density at radius 3 is 2.57 bits per heavy atom. The first-order valence-electron chi connectivity index (χ1n) is 7.77. The van der Waals surface area contributed by atoms with Crippen molar-refractivity contribution in [1.82, 2.24) is 14.8 Å². The minimum Gasteiger partial charge on any atom is -0.389 e. The number of hydrogen-bond donors (Lipinski definition) is 3. The fourth-order valence-corrected chi connectivity index (χ4v) is 3.92. The maximum absolute atomic E-state index is 11.5. The molecule has 1 aromatic rings. The molecule has 1 saturated heterocycles. The molecule has 1 aliphatic heterocycles. The van der Waals surface area contributed by atoms with Crippen LogP contribution in [0.4, 0.5) is 5.00 Å². The largest absolute Gasteiger partial charge is 0.389 e. The van der Waals surface area contributed by atoms with Crippen LogP contribution in [0.3, 0.4) is 0 Å². The Labute approximate surface area is 144 Å². The van der Waals surface area contributed by atoms with Crippen molar-refractivity contribution in [3.63, 3.8) is 0 Å². The third-order valence-corrected chi connectivity index (χ3v) is 5.28. The van der Waals surface area contributed by atoms with Crippen molar-refractivity contribution in [2.24, 2.45) is 5.73 Å². The number of anilines is 1. The van der Waals surface area contributed by atoms with Gasteiger partial charge in [0, 0.05) is 6.07 Å². The number of hydrogen-bond acceptors (Lipinski definition) is 7. The minimum absolute atomic E-state index is 0.161. The highest BCUT2D eigenvalue weighted by atomic mass is 32.2. The maximum Gasteiger partial charge on any atom is 0.267 e. The van der Waals surface area contributed by atoms with Crippen LogP contribution in [-0.2, 0) is 9.59 Å². The number of thioether (sulfide) groups is 1. The molecule has 23 heavy (non-hydrogen) atoms. The van der Waals surface area contributed by atoms with Crippen molar-refractivity contribution in [3.05, 3.63) is 6.07 Å². The summed E-state index contributed by atoms with van der Waals surface area (Å²) in [5.74, 6) is 0.408. The first-order valence-corrected chi connectivity index (χ1v) is 9.53. The molecule has 128 valence electrons. The number of aromatic nitrogens is 1. The van der Waals surface area contributed by atoms with Crippen LogP contribution in [0.2, 0.25) is 0 Å². The molecule has 1 aliphatic carbocycles. The van der Waals surface area contributed by atoms with Crippen LogP contribution in [0.15, 0.2) is 11.1 Å². The van der Waals surface area contributed by atoms with Gasteiger partial charge in [0.15, 0.2) is 6.04 Å². The van der Waals surface area contributed by atoms with E-state index in [1.807, 2.05) is 6.07 Å². The molecular formula is C14H23N5O2S2. The number of rotatable bonds is 3. The number of nitrogens with two attached hydrogens (primary N) is 2. The molecule has 2 aliphatic rings. The molecule has 0 bridgehead atoms. The van der Waals surface area contributed by atoms with Crippen LogP contribution < -0.4 is 16.9 Å². The first kappa shape index (κ1) is 18.0. The van der Waals surface area contributed by atoms with E-state index >= 15 is 0 Å². The summed E-state index contributed by atoms with van der Waals surface area (Å²) in [6.07, 6.45) is 5.41. The van der Waals surface area contributed by atoms with Crippen molar-refractivity contribution in [1.29, 1.82) is 0 Å². The van der Waals surface area contributed by atoms with E-state index < -0.39 is 6.04 Å². The molecule has 0 radical (unpaired) electrons. The van der Waals surface area contributed by atoms with Gasteiger partial charge >= 0.3 is 0 Å². The predicted molar refractivity (Wildman–Crippen MR) is 92.8 cm³/mol. The first-order chi connectivity index (χ1) is 11.0. The summed E-state index contributed by atoms with van der Waals surface area (Å²) in [4.78, 5) is 22.7. The van der Waals surface area contributed by atoms with E-state index in [0.29, 0.717) is 0 Å². The fourth-order valence-electron chi connectivity index (χ4n) is 2.60. The van der Waals surface area contributed by atoms with E-state index in [-0.39, 0.29) is 17.9 Å². The molecule has 1 saturated carbocycles. The Morgan fingerprint density at radius 1 is 1.39 bits per heavy atom. The second-order valence-corrected chi connectivity index (χ2v) is 7.58. The van der Waals surface area contributed by atoms with Gasteiger partial charge in [0.1, 0.15) is 10.0 Å². The van der Waals surface area contributed by atoms with E-state index in [1.165, 1.54) is 23.0 Å². The monoisotopic (exact) mass is 357 g/mol. The highest BCUT2D eigenvalue weighted by molar-refractivity contribution is 7.99. The summed E-state index contributed by atoms with van der Waals surface area (Å²) in [6.45, 7) is 2.10. The fraction of sp³-hybridized carbons (Fsp3) is 0.643. The lowest BCUT2D eigenvalue weighted by molar-refractivity contribution is -0.133. The summed E-state index contributed by atoms with van der Waals surface area (Å²) in [5, 5.41) is 3.28. The average molecular weight is 358 g/mol. The molecule has 2 amide bonds. The van der Waals surface area contributed by atoms with Gasteiger partial charge in [-0.15, -0.1) is 11.8 Å². The number of nitrogens with zero attached hydrogens (tertiary/aromatic N) is 2. The van der Waals surface area contributed by atoms with Crippen LogP contribution in [0.25, 0.3) is 0 Å². The molecular weight excluding hydrogens is 334 g/mol. The summed E-state index contributed by atoms with van der Waals surface area (Å²) >= 11 is 3.07. The number of nitrogens with one attached hydrogen (secondary N) is 1. The Morgan fingerprint density at radius 2 is 2.09 bits per heavy atom. The summed E-state index contributed by atoms with van der Waals surface area (Å²) in [6, 6.07) is 1.07. The van der Waals surface area contributed by atoms with Crippen molar-refractivity contribution >= 4 is 40.1 Å². The molecule has 1 aromatic heterocycles. The van der Waals surface area contributed by atoms with Gasteiger partial charge in [0.05, 0.1) is 6.04 Å². The van der Waals surface area contributed by atoms with E-state index in [9.17, 15) is 9.59 Å². The van der Waals surface area contributed by atoms with Gasteiger partial charge in [0.2, 0.25) is 0 Å². The molecule has 2 fully saturated rings. The number of carbonyl (C=O) groups excluding carboxylic acids is 2. The van der Waals surface area contributed by atoms with Gasteiger partial charge in [-0.3, -0.25) is 15.0 Å². The summed E-state index contributed by atoms with van der Waals surface area (Å²) in [7, 11) is 0. The number of amides is 2. The molecule has 2 heterocycles. The lowest BCUT2D eigenvalue weighted by Gasteiger charge is -2.29. The second kappa shape index (κ2) is 8.51. The third kappa shape index (κ3) is 4.82. The molecule has 9 heteroatoms. The van der Waals surface area contributed by atoms with Gasteiger partial charge in [-0.25, -0.2) is 5.01 Å². The lowest BCUT2D eigenvalue weighted by atomic mass is 9.95. The Bertz CT molecular complexity index is 545. The molecule has 0 spiro atoms. The van der Waals surface area contributed by atoms with Crippen molar-refractivity contribution in [2.45, 2.75) is 56.1 Å². The van der Waals surface area contributed by atoms with Gasteiger partial charge in [-0.1, -0.05) is 26.2 Å². The molecule has 5 N–H and O–H groups in total. The number of hydrazine groups is 1. The van der Waals surface area contributed by atoms with E-state index in [0.717, 1.165) is 41.5 Å². The molecule has 1 atom stereocenters. The Balaban J connectivity index is 0.000000185. The van der Waals surface area contributed by atoms with Gasteiger partial charge in [-0.2, -0.15) is 4.37 Å². The third-order valence-electron chi connectivity index (χ3n) is 3.76. The number of nitrogen functional groups attached to an aromatic ring is 1.